The van der Waals surface area contributed by atoms with Crippen molar-refractivity contribution < 1.29 is 0 Å². The van der Waals surface area contributed by atoms with Crippen molar-refractivity contribution in [1.82, 2.24) is 0 Å². The van der Waals surface area contributed by atoms with Crippen LogP contribution >= 0.6 is 0 Å². The topological polar surface area (TPSA) is 0 Å². The molecule has 0 bridgehead atoms. The normalized spacial score (nSPS) is 15.0. The van der Waals surface area contributed by atoms with Gasteiger partial charge in [-0.05, 0) is 58.4 Å². The van der Waals surface area contributed by atoms with E-state index in [0.29, 0.717) is 0 Å². The fraction of sp³-hybridized carbons (Fsp3) is 0.130. The zero-order valence-corrected chi connectivity index (χ0v) is 13.2. The van der Waals surface area contributed by atoms with Crippen molar-refractivity contribution in [2.24, 2.45) is 0 Å². The van der Waals surface area contributed by atoms with Gasteiger partial charge in [0.1, 0.15) is 0 Å². The smallest absolute Gasteiger partial charge is 0.0178 e. The van der Waals surface area contributed by atoms with Crippen LogP contribution < -0.4 is 0 Å². The molecule has 0 heterocycles. The second kappa shape index (κ2) is 6.26. The number of allylic oxidation sites excluding steroid dienone is 4. The minimum atomic E-state index is 1.14. The lowest BCUT2D eigenvalue weighted by molar-refractivity contribution is 0.897. The first-order chi connectivity index (χ1) is 11.4. The van der Waals surface area contributed by atoms with Gasteiger partial charge >= 0.3 is 0 Å². The Bertz CT molecular complexity index is 882. The van der Waals surface area contributed by atoms with E-state index >= 15 is 0 Å². The van der Waals surface area contributed by atoms with Gasteiger partial charge in [0.2, 0.25) is 0 Å². The summed E-state index contributed by atoms with van der Waals surface area (Å²) in [5.74, 6) is 0. The van der Waals surface area contributed by atoms with E-state index in [1.165, 1.54) is 39.5 Å². The third-order valence-corrected chi connectivity index (χ3v) is 4.64. The van der Waals surface area contributed by atoms with Gasteiger partial charge in [-0.1, -0.05) is 78.9 Å². The van der Waals surface area contributed by atoms with Crippen molar-refractivity contribution in [2.45, 2.75) is 19.3 Å². The average Bonchev–Trinajstić information content (AvgIpc) is 2.88. The van der Waals surface area contributed by atoms with Gasteiger partial charge in [0.15, 0.2) is 0 Å². The average molecular weight is 296 g/mol. The fourth-order valence-electron chi connectivity index (χ4n) is 3.36. The van der Waals surface area contributed by atoms with Crippen LogP contribution in [0.25, 0.3) is 21.9 Å². The molecule has 3 aromatic carbocycles. The quantitative estimate of drug-likeness (QED) is 0.507. The van der Waals surface area contributed by atoms with Crippen LogP contribution in [0.1, 0.15) is 30.4 Å². The third-order valence-electron chi connectivity index (χ3n) is 4.64. The molecule has 0 saturated heterocycles. The van der Waals surface area contributed by atoms with Gasteiger partial charge in [0, 0.05) is 0 Å². The van der Waals surface area contributed by atoms with Gasteiger partial charge in [-0.15, -0.1) is 0 Å². The predicted molar refractivity (Wildman–Crippen MR) is 100 cm³/mol. The van der Waals surface area contributed by atoms with E-state index in [9.17, 15) is 0 Å². The van der Waals surface area contributed by atoms with E-state index in [2.05, 4.69) is 84.9 Å². The highest BCUT2D eigenvalue weighted by molar-refractivity contribution is 5.87. The van der Waals surface area contributed by atoms with Gasteiger partial charge in [0.05, 0.1) is 0 Å². The Morgan fingerprint density at radius 2 is 1.17 bits per heavy atom. The maximum absolute atomic E-state index is 2.32. The molecule has 112 valence electrons. The van der Waals surface area contributed by atoms with Gasteiger partial charge < -0.3 is 0 Å². The standard InChI is InChI=1S/C23H20/c1-2-7-18(8-3-1)19-11-6-12-21(14-13-19)23-16-15-20-9-4-5-10-22(20)17-23/h1-5,7-10,13-17H,6,11-12H2. The number of hydrogen-bond acceptors (Lipinski definition) is 0. The molecule has 23 heavy (non-hydrogen) atoms. The molecule has 1 aliphatic rings. The molecule has 0 spiro atoms. The van der Waals surface area contributed by atoms with Crippen LogP contribution in [0, 0.1) is 0 Å². The zero-order chi connectivity index (χ0) is 15.5. The molecule has 1 aliphatic carbocycles. The molecular formula is C23H20. The van der Waals surface area contributed by atoms with Gasteiger partial charge in [-0.25, -0.2) is 0 Å². The summed E-state index contributed by atoms with van der Waals surface area (Å²) in [6.07, 6.45) is 8.13. The van der Waals surface area contributed by atoms with Crippen molar-refractivity contribution >= 4 is 21.9 Å². The zero-order valence-electron chi connectivity index (χ0n) is 13.2. The molecule has 0 aliphatic heterocycles. The highest BCUT2D eigenvalue weighted by Gasteiger charge is 2.08. The lowest BCUT2D eigenvalue weighted by atomic mass is 9.97. The number of rotatable bonds is 2. The number of hydrogen-bond donors (Lipinski definition) is 0. The molecule has 0 radical (unpaired) electrons. The Hall–Kier alpha value is -2.60. The molecule has 0 amide bonds. The Morgan fingerprint density at radius 3 is 1.96 bits per heavy atom. The van der Waals surface area contributed by atoms with E-state index < -0.39 is 0 Å². The van der Waals surface area contributed by atoms with Crippen LogP contribution in [0.3, 0.4) is 0 Å². The van der Waals surface area contributed by atoms with Crippen LogP contribution in [0.4, 0.5) is 0 Å². The summed E-state index contributed by atoms with van der Waals surface area (Å²) < 4.78 is 0. The first kappa shape index (κ1) is 14.0. The Labute approximate surface area is 137 Å². The van der Waals surface area contributed by atoms with Crippen molar-refractivity contribution in [1.29, 1.82) is 0 Å². The first-order valence-corrected chi connectivity index (χ1v) is 8.34. The van der Waals surface area contributed by atoms with E-state index in [1.54, 1.807) is 0 Å². The molecule has 0 fully saturated rings. The largest absolute Gasteiger partial charge is 0.0622 e. The van der Waals surface area contributed by atoms with Crippen LogP contribution in [0.5, 0.6) is 0 Å². The van der Waals surface area contributed by atoms with Crippen LogP contribution in [0.15, 0.2) is 84.9 Å². The summed E-state index contributed by atoms with van der Waals surface area (Å²) in [5, 5.41) is 2.63. The maximum atomic E-state index is 2.32. The van der Waals surface area contributed by atoms with E-state index in [4.69, 9.17) is 0 Å². The van der Waals surface area contributed by atoms with Gasteiger partial charge in [0.25, 0.3) is 0 Å². The van der Waals surface area contributed by atoms with E-state index in [0.717, 1.165) is 12.8 Å². The molecule has 3 aromatic rings. The number of fused-ring (bicyclic) bond motifs is 1. The minimum Gasteiger partial charge on any atom is -0.0622 e. The molecular weight excluding hydrogens is 276 g/mol. The molecule has 0 unspecified atom stereocenters. The molecule has 4 rings (SSSR count). The van der Waals surface area contributed by atoms with Crippen LogP contribution in [0.2, 0.25) is 0 Å². The minimum absolute atomic E-state index is 1.14. The molecule has 0 nitrogen and oxygen atoms in total. The maximum Gasteiger partial charge on any atom is -0.0178 e. The Balaban J connectivity index is 1.70. The second-order valence-corrected chi connectivity index (χ2v) is 6.17. The van der Waals surface area contributed by atoms with Crippen LogP contribution in [-0.2, 0) is 0 Å². The molecule has 0 aromatic heterocycles. The molecule has 0 N–H and O–H groups in total. The van der Waals surface area contributed by atoms with Gasteiger partial charge in [-0.2, -0.15) is 0 Å². The molecule has 0 heteroatoms. The number of benzene rings is 3. The van der Waals surface area contributed by atoms with E-state index in [-0.39, 0.29) is 0 Å². The first-order valence-electron chi connectivity index (χ1n) is 8.34. The third kappa shape index (κ3) is 2.98. The van der Waals surface area contributed by atoms with Crippen molar-refractivity contribution in [2.75, 3.05) is 0 Å². The van der Waals surface area contributed by atoms with Crippen molar-refractivity contribution in [3.8, 4) is 0 Å². The summed E-state index contributed by atoms with van der Waals surface area (Å²) in [6.45, 7) is 0. The summed E-state index contributed by atoms with van der Waals surface area (Å²) in [6, 6.07) is 26.1. The summed E-state index contributed by atoms with van der Waals surface area (Å²) in [5.41, 5.74) is 5.60. The summed E-state index contributed by atoms with van der Waals surface area (Å²) in [7, 11) is 0. The van der Waals surface area contributed by atoms with Crippen LogP contribution in [-0.4, -0.2) is 0 Å². The van der Waals surface area contributed by atoms with Gasteiger partial charge in [-0.3, -0.25) is 0 Å². The summed E-state index contributed by atoms with van der Waals surface area (Å²) in [4.78, 5) is 0. The fourth-order valence-corrected chi connectivity index (χ4v) is 3.36. The lowest BCUT2D eigenvalue weighted by Gasteiger charge is -2.07. The van der Waals surface area contributed by atoms with E-state index in [1.807, 2.05) is 0 Å². The lowest BCUT2D eigenvalue weighted by Crippen LogP contribution is -1.85. The monoisotopic (exact) mass is 296 g/mol. The summed E-state index contributed by atoms with van der Waals surface area (Å²) >= 11 is 0. The van der Waals surface area contributed by atoms with Crippen molar-refractivity contribution in [3.05, 3.63) is 96.1 Å². The van der Waals surface area contributed by atoms with Crippen molar-refractivity contribution in [3.63, 3.8) is 0 Å². The Morgan fingerprint density at radius 1 is 0.522 bits per heavy atom. The second-order valence-electron chi connectivity index (χ2n) is 6.17. The predicted octanol–water partition coefficient (Wildman–Crippen LogP) is 6.49. The SMILES string of the molecule is C1=C(c2ccccc2)CCCC(c2ccc3ccccc3c2)=C1. The Kier molecular flexibility index (Phi) is 3.81. The molecule has 0 saturated carbocycles. The highest BCUT2D eigenvalue weighted by atomic mass is 14.1. The highest BCUT2D eigenvalue weighted by Crippen LogP contribution is 2.31. The molecule has 0 atom stereocenters.